The van der Waals surface area contributed by atoms with Crippen LogP contribution in [0, 0.1) is 0 Å². The predicted molar refractivity (Wildman–Crippen MR) is 119 cm³/mol. The van der Waals surface area contributed by atoms with Crippen molar-refractivity contribution in [1.82, 2.24) is 4.72 Å². The molecule has 0 aromatic heterocycles. The molecule has 0 saturated heterocycles. The van der Waals surface area contributed by atoms with E-state index < -0.39 is 10.0 Å². The van der Waals surface area contributed by atoms with Gasteiger partial charge in [-0.1, -0.05) is 57.2 Å². The maximum absolute atomic E-state index is 13.1. The Morgan fingerprint density at radius 3 is 2.53 bits per heavy atom. The number of fused-ring (bicyclic) bond motifs is 1. The number of carbonyl (C=O) groups is 1. The van der Waals surface area contributed by atoms with E-state index in [1.807, 2.05) is 51.1 Å². The summed E-state index contributed by atoms with van der Waals surface area (Å²) in [5.74, 6) is -0.374. The number of hydrogen-bond acceptors (Lipinski definition) is 4. The SMILES string of the molecule is CCOC(=O)/C=C/c1ccc2c(c1)CC(NS(=O)(=O)c1ccccc1C(C)(C)C)C2. The van der Waals surface area contributed by atoms with Crippen molar-refractivity contribution in [1.29, 1.82) is 0 Å². The first-order valence-corrected chi connectivity index (χ1v) is 11.7. The van der Waals surface area contributed by atoms with Gasteiger partial charge in [0.2, 0.25) is 10.0 Å². The highest BCUT2D eigenvalue weighted by Gasteiger charge is 2.30. The molecule has 5 nitrogen and oxygen atoms in total. The first-order valence-electron chi connectivity index (χ1n) is 10.2. The van der Waals surface area contributed by atoms with Crippen LogP contribution in [0.3, 0.4) is 0 Å². The summed E-state index contributed by atoms with van der Waals surface area (Å²) in [5, 5.41) is 0. The van der Waals surface area contributed by atoms with E-state index >= 15 is 0 Å². The van der Waals surface area contributed by atoms with E-state index in [4.69, 9.17) is 4.74 Å². The third-order valence-corrected chi connectivity index (χ3v) is 6.75. The Bertz CT molecular complexity index is 1060. The minimum Gasteiger partial charge on any atom is -0.463 e. The van der Waals surface area contributed by atoms with Gasteiger partial charge in [0, 0.05) is 12.1 Å². The summed E-state index contributed by atoms with van der Waals surface area (Å²) in [6.07, 6.45) is 4.39. The number of ether oxygens (including phenoxy) is 1. The van der Waals surface area contributed by atoms with Crippen molar-refractivity contribution >= 4 is 22.1 Å². The van der Waals surface area contributed by atoms with Crippen LogP contribution in [0.5, 0.6) is 0 Å². The molecule has 3 rings (SSSR count). The van der Waals surface area contributed by atoms with Crippen LogP contribution in [-0.4, -0.2) is 27.0 Å². The van der Waals surface area contributed by atoms with Crippen LogP contribution in [0.15, 0.2) is 53.4 Å². The van der Waals surface area contributed by atoms with E-state index in [0.717, 1.165) is 22.3 Å². The summed E-state index contributed by atoms with van der Waals surface area (Å²) >= 11 is 0. The van der Waals surface area contributed by atoms with Crippen molar-refractivity contribution in [3.05, 3.63) is 70.8 Å². The van der Waals surface area contributed by atoms with Gasteiger partial charge in [0.15, 0.2) is 0 Å². The van der Waals surface area contributed by atoms with Crippen molar-refractivity contribution < 1.29 is 17.9 Å². The largest absolute Gasteiger partial charge is 0.463 e. The number of hydrogen-bond donors (Lipinski definition) is 1. The minimum absolute atomic E-state index is 0.192. The van der Waals surface area contributed by atoms with Gasteiger partial charge in [-0.25, -0.2) is 17.9 Å². The normalized spacial score (nSPS) is 16.6. The average Bonchev–Trinajstić information content (AvgIpc) is 3.06. The molecular formula is C24H29NO4S. The summed E-state index contributed by atoms with van der Waals surface area (Å²) in [6, 6.07) is 12.9. The molecule has 6 heteroatoms. The molecule has 0 fully saturated rings. The molecule has 0 amide bonds. The topological polar surface area (TPSA) is 72.5 Å². The van der Waals surface area contributed by atoms with Gasteiger partial charge in [0.1, 0.15) is 0 Å². The summed E-state index contributed by atoms with van der Waals surface area (Å²) < 4.78 is 34.1. The average molecular weight is 428 g/mol. The van der Waals surface area contributed by atoms with Gasteiger partial charge in [-0.2, -0.15) is 0 Å². The number of benzene rings is 2. The van der Waals surface area contributed by atoms with Crippen LogP contribution in [0.2, 0.25) is 0 Å². The lowest BCUT2D eigenvalue weighted by molar-refractivity contribution is -0.137. The lowest BCUT2D eigenvalue weighted by atomic mass is 9.87. The molecule has 1 unspecified atom stereocenters. The molecule has 2 aromatic rings. The minimum atomic E-state index is -3.64. The molecule has 0 radical (unpaired) electrons. The smallest absolute Gasteiger partial charge is 0.330 e. The maximum Gasteiger partial charge on any atom is 0.330 e. The third kappa shape index (κ3) is 5.18. The van der Waals surface area contributed by atoms with Crippen molar-refractivity contribution in [3.63, 3.8) is 0 Å². The monoisotopic (exact) mass is 427 g/mol. The number of sulfonamides is 1. The molecular weight excluding hydrogens is 398 g/mol. The summed E-state index contributed by atoms with van der Waals surface area (Å²) in [6.45, 7) is 8.14. The van der Waals surface area contributed by atoms with Crippen molar-refractivity contribution in [2.75, 3.05) is 6.61 Å². The van der Waals surface area contributed by atoms with Gasteiger partial charge in [-0.15, -0.1) is 0 Å². The molecule has 2 aromatic carbocycles. The molecule has 0 spiro atoms. The second kappa shape index (κ2) is 8.74. The van der Waals surface area contributed by atoms with Gasteiger partial charge < -0.3 is 4.74 Å². The Kier molecular flexibility index (Phi) is 6.48. The molecule has 1 atom stereocenters. The summed E-state index contributed by atoms with van der Waals surface area (Å²) in [5.41, 5.74) is 3.64. The van der Waals surface area contributed by atoms with Gasteiger partial charge in [0.25, 0.3) is 0 Å². The van der Waals surface area contributed by atoms with Crippen LogP contribution in [-0.2, 0) is 37.8 Å². The van der Waals surface area contributed by atoms with Gasteiger partial charge in [0.05, 0.1) is 11.5 Å². The van der Waals surface area contributed by atoms with Gasteiger partial charge in [-0.3, -0.25) is 0 Å². The van der Waals surface area contributed by atoms with Crippen molar-refractivity contribution in [2.45, 2.75) is 56.9 Å². The second-order valence-corrected chi connectivity index (χ2v) is 10.3. The van der Waals surface area contributed by atoms with Gasteiger partial charge >= 0.3 is 5.97 Å². The molecule has 0 heterocycles. The van der Waals surface area contributed by atoms with E-state index in [1.54, 1.807) is 25.1 Å². The predicted octanol–water partition coefficient (Wildman–Crippen LogP) is 4.01. The highest BCUT2D eigenvalue weighted by atomic mass is 32.2. The maximum atomic E-state index is 13.1. The Hall–Kier alpha value is -2.44. The number of rotatable bonds is 6. The standard InChI is InChI=1S/C24H29NO4S/c1-5-29-23(26)13-11-17-10-12-18-15-20(16-19(18)14-17)25-30(27,28)22-9-7-6-8-21(22)24(2,3)4/h6-14,20,25H,5,15-16H2,1-4H3/b13-11+. The first-order chi connectivity index (χ1) is 14.1. The van der Waals surface area contributed by atoms with Crippen LogP contribution in [0.1, 0.15) is 49.9 Å². The van der Waals surface area contributed by atoms with Gasteiger partial charge in [-0.05, 0) is 59.6 Å². The summed E-state index contributed by atoms with van der Waals surface area (Å²) in [4.78, 5) is 11.8. The lowest BCUT2D eigenvalue weighted by Gasteiger charge is -2.23. The zero-order valence-electron chi connectivity index (χ0n) is 17.9. The molecule has 0 bridgehead atoms. The Morgan fingerprint density at radius 1 is 1.13 bits per heavy atom. The fraction of sp³-hybridized carbons (Fsp3) is 0.375. The molecule has 0 saturated carbocycles. The zero-order valence-corrected chi connectivity index (χ0v) is 18.8. The van der Waals surface area contributed by atoms with Crippen LogP contribution >= 0.6 is 0 Å². The Balaban J connectivity index is 1.75. The van der Waals surface area contributed by atoms with E-state index in [-0.39, 0.29) is 17.4 Å². The fourth-order valence-corrected chi connectivity index (χ4v) is 5.44. The highest BCUT2D eigenvalue weighted by molar-refractivity contribution is 7.89. The molecule has 1 N–H and O–H groups in total. The van der Waals surface area contributed by atoms with E-state index in [9.17, 15) is 13.2 Å². The molecule has 1 aliphatic rings. The van der Waals surface area contributed by atoms with Crippen LogP contribution in [0.25, 0.3) is 6.08 Å². The quantitative estimate of drug-likeness (QED) is 0.559. The Labute approximate surface area is 179 Å². The third-order valence-electron chi connectivity index (χ3n) is 5.17. The lowest BCUT2D eigenvalue weighted by Crippen LogP contribution is -2.36. The second-order valence-electron chi connectivity index (χ2n) is 8.59. The number of nitrogens with one attached hydrogen (secondary N) is 1. The van der Waals surface area contributed by atoms with E-state index in [0.29, 0.717) is 24.3 Å². The Morgan fingerprint density at radius 2 is 1.83 bits per heavy atom. The van der Waals surface area contributed by atoms with Crippen LogP contribution in [0.4, 0.5) is 0 Å². The fourth-order valence-electron chi connectivity index (χ4n) is 3.78. The molecule has 160 valence electrons. The van der Waals surface area contributed by atoms with Crippen LogP contribution < -0.4 is 4.72 Å². The van der Waals surface area contributed by atoms with E-state index in [1.165, 1.54) is 6.08 Å². The number of esters is 1. The molecule has 1 aliphatic carbocycles. The zero-order chi connectivity index (χ0) is 21.9. The highest BCUT2D eigenvalue weighted by Crippen LogP contribution is 2.30. The van der Waals surface area contributed by atoms with Crippen molar-refractivity contribution in [2.24, 2.45) is 0 Å². The molecule has 30 heavy (non-hydrogen) atoms. The summed E-state index contributed by atoms with van der Waals surface area (Å²) in [7, 11) is -3.64. The first kappa shape index (κ1) is 22.2. The molecule has 0 aliphatic heterocycles. The van der Waals surface area contributed by atoms with E-state index in [2.05, 4.69) is 4.72 Å². The van der Waals surface area contributed by atoms with Crippen molar-refractivity contribution in [3.8, 4) is 0 Å². The number of carbonyl (C=O) groups excluding carboxylic acids is 1.